The first-order valence-corrected chi connectivity index (χ1v) is 10.3. The molecule has 142 valence electrons. The third kappa shape index (κ3) is 4.62. The molecule has 0 saturated heterocycles. The molecule has 0 spiro atoms. The number of nitrogens with zero attached hydrogens (tertiary/aromatic N) is 2. The summed E-state index contributed by atoms with van der Waals surface area (Å²) in [6.45, 7) is 0.535. The molecule has 0 bridgehead atoms. The average Bonchev–Trinajstić information content (AvgIpc) is 2.65. The highest BCUT2D eigenvalue weighted by atomic mass is 32.2. The van der Waals surface area contributed by atoms with E-state index in [1.807, 2.05) is 0 Å². The fourth-order valence-electron chi connectivity index (χ4n) is 2.90. The van der Waals surface area contributed by atoms with E-state index in [4.69, 9.17) is 0 Å². The van der Waals surface area contributed by atoms with Crippen LogP contribution in [0.3, 0.4) is 0 Å². The molecule has 2 amide bonds. The Morgan fingerprint density at radius 2 is 2.00 bits per heavy atom. The van der Waals surface area contributed by atoms with Crippen LogP contribution in [0.2, 0.25) is 0 Å². The van der Waals surface area contributed by atoms with Gasteiger partial charge in [0.1, 0.15) is 0 Å². The summed E-state index contributed by atoms with van der Waals surface area (Å²) in [6, 6.07) is 10.3. The zero-order valence-electron chi connectivity index (χ0n) is 14.8. The van der Waals surface area contributed by atoms with Crippen molar-refractivity contribution in [2.45, 2.75) is 19.4 Å². The van der Waals surface area contributed by atoms with Gasteiger partial charge in [0.05, 0.1) is 24.2 Å². The number of nitrogens with one attached hydrogen (secondary N) is 2. The van der Waals surface area contributed by atoms with Crippen molar-refractivity contribution >= 4 is 33.2 Å². The zero-order valence-corrected chi connectivity index (χ0v) is 15.6. The normalized spacial score (nSPS) is 13.6. The van der Waals surface area contributed by atoms with E-state index in [-0.39, 0.29) is 6.54 Å². The maximum atomic E-state index is 12.1. The molecular formula is C18H20N4O4S. The lowest BCUT2D eigenvalue weighted by Crippen LogP contribution is -2.36. The van der Waals surface area contributed by atoms with Crippen LogP contribution in [0.15, 0.2) is 42.6 Å². The number of hydrogen-bond donors (Lipinski definition) is 2. The predicted octanol–water partition coefficient (Wildman–Crippen LogP) is 1.05. The summed E-state index contributed by atoms with van der Waals surface area (Å²) in [4.78, 5) is 28.1. The minimum Gasteiger partial charge on any atom is -0.342 e. The lowest BCUT2D eigenvalue weighted by atomic mass is 10.0. The van der Waals surface area contributed by atoms with Crippen molar-refractivity contribution in [1.82, 2.24) is 10.3 Å². The number of pyridine rings is 1. The molecule has 0 aliphatic carbocycles. The number of sulfonamides is 1. The van der Waals surface area contributed by atoms with Crippen LogP contribution in [-0.2, 0) is 32.6 Å². The van der Waals surface area contributed by atoms with Gasteiger partial charge in [-0.15, -0.1) is 0 Å². The van der Waals surface area contributed by atoms with E-state index in [1.54, 1.807) is 42.6 Å². The van der Waals surface area contributed by atoms with Crippen LogP contribution in [0.4, 0.5) is 11.4 Å². The molecule has 9 heteroatoms. The third-order valence-corrected chi connectivity index (χ3v) is 5.36. The number of benzene rings is 1. The molecule has 27 heavy (non-hydrogen) atoms. The number of aromatic nitrogens is 1. The molecule has 1 aliphatic rings. The first-order valence-electron chi connectivity index (χ1n) is 8.44. The summed E-state index contributed by atoms with van der Waals surface area (Å²) in [6.07, 6.45) is 4.25. The molecule has 8 nitrogen and oxygen atoms in total. The molecule has 0 radical (unpaired) electrons. The monoisotopic (exact) mass is 388 g/mol. The summed E-state index contributed by atoms with van der Waals surface area (Å²) in [5, 5.41) is 5.00. The van der Waals surface area contributed by atoms with Gasteiger partial charge in [0, 0.05) is 18.4 Å². The topological polar surface area (TPSA) is 108 Å². The first kappa shape index (κ1) is 18.8. The summed E-state index contributed by atoms with van der Waals surface area (Å²) >= 11 is 0. The lowest BCUT2D eigenvalue weighted by Gasteiger charge is -2.29. The summed E-state index contributed by atoms with van der Waals surface area (Å²) in [7, 11) is -3.41. The van der Waals surface area contributed by atoms with Gasteiger partial charge in [0.2, 0.25) is 10.0 Å². The minimum atomic E-state index is -3.41. The van der Waals surface area contributed by atoms with E-state index in [9.17, 15) is 18.0 Å². The van der Waals surface area contributed by atoms with Gasteiger partial charge >= 0.3 is 11.8 Å². The van der Waals surface area contributed by atoms with E-state index < -0.39 is 21.8 Å². The molecule has 2 N–H and O–H groups in total. The molecule has 1 aliphatic heterocycles. The maximum Gasteiger partial charge on any atom is 0.313 e. The summed E-state index contributed by atoms with van der Waals surface area (Å²) in [5.41, 5.74) is 2.43. The smallest absolute Gasteiger partial charge is 0.313 e. The highest BCUT2D eigenvalue weighted by Gasteiger charge is 2.24. The Bertz CT molecular complexity index is 961. The number of carbonyl (C=O) groups excluding carboxylic acids is 2. The minimum absolute atomic E-state index is 0.138. The Balaban J connectivity index is 1.68. The van der Waals surface area contributed by atoms with Crippen molar-refractivity contribution < 1.29 is 18.0 Å². The third-order valence-electron chi connectivity index (χ3n) is 4.18. The Kier molecular flexibility index (Phi) is 5.41. The molecule has 0 atom stereocenters. The van der Waals surface area contributed by atoms with Gasteiger partial charge in [-0.3, -0.25) is 18.9 Å². The molecule has 1 aromatic carbocycles. The standard InChI is InChI=1S/C18H20N4O4S/c1-27(25,26)22-10-4-5-13-7-8-14(11-16(13)22)21-18(24)17(23)20-12-15-6-2-3-9-19-15/h2-3,6-9,11H,4-5,10,12H2,1H3,(H,20,23)(H,21,24). The van der Waals surface area contributed by atoms with Crippen LogP contribution in [0.5, 0.6) is 0 Å². The van der Waals surface area contributed by atoms with Crippen molar-refractivity contribution in [1.29, 1.82) is 0 Å². The van der Waals surface area contributed by atoms with E-state index in [0.717, 1.165) is 24.7 Å². The van der Waals surface area contributed by atoms with Gasteiger partial charge in [-0.2, -0.15) is 0 Å². The van der Waals surface area contributed by atoms with E-state index in [2.05, 4.69) is 15.6 Å². The molecule has 0 unspecified atom stereocenters. The number of hydrogen-bond acceptors (Lipinski definition) is 5. The van der Waals surface area contributed by atoms with Gasteiger partial charge in [-0.1, -0.05) is 12.1 Å². The summed E-state index contributed by atoms with van der Waals surface area (Å²) in [5.74, 6) is -1.62. The van der Waals surface area contributed by atoms with E-state index in [0.29, 0.717) is 23.6 Å². The van der Waals surface area contributed by atoms with Crippen LogP contribution in [0.1, 0.15) is 17.7 Å². The van der Waals surface area contributed by atoms with Gasteiger partial charge in [0.25, 0.3) is 0 Å². The second-order valence-electron chi connectivity index (χ2n) is 6.24. The predicted molar refractivity (Wildman–Crippen MR) is 102 cm³/mol. The molecule has 1 aromatic heterocycles. The zero-order chi connectivity index (χ0) is 19.4. The SMILES string of the molecule is CS(=O)(=O)N1CCCc2ccc(NC(=O)C(=O)NCc3ccccn3)cc21. The number of aryl methyl sites for hydroxylation is 1. The number of anilines is 2. The number of fused-ring (bicyclic) bond motifs is 1. The number of carbonyl (C=O) groups is 2. The van der Waals surface area contributed by atoms with Crippen LogP contribution >= 0.6 is 0 Å². The molecule has 2 aromatic rings. The van der Waals surface area contributed by atoms with Crippen LogP contribution < -0.4 is 14.9 Å². The second kappa shape index (κ2) is 7.75. The van der Waals surface area contributed by atoms with Crippen molar-refractivity contribution in [3.05, 3.63) is 53.9 Å². The number of rotatable bonds is 4. The second-order valence-corrected chi connectivity index (χ2v) is 8.15. The van der Waals surface area contributed by atoms with Crippen molar-refractivity contribution in [2.75, 3.05) is 22.4 Å². The quantitative estimate of drug-likeness (QED) is 0.761. The largest absolute Gasteiger partial charge is 0.342 e. The van der Waals surface area contributed by atoms with Gasteiger partial charge in [0.15, 0.2) is 0 Å². The molecular weight excluding hydrogens is 368 g/mol. The van der Waals surface area contributed by atoms with Crippen molar-refractivity contribution in [2.24, 2.45) is 0 Å². The van der Waals surface area contributed by atoms with Crippen LogP contribution in [0.25, 0.3) is 0 Å². The van der Waals surface area contributed by atoms with Gasteiger partial charge in [-0.25, -0.2) is 8.42 Å². The molecule has 2 heterocycles. The Morgan fingerprint density at radius 1 is 1.19 bits per heavy atom. The maximum absolute atomic E-state index is 12.1. The Hall–Kier alpha value is -2.94. The fourth-order valence-corrected chi connectivity index (χ4v) is 3.89. The highest BCUT2D eigenvalue weighted by Crippen LogP contribution is 2.31. The molecule has 0 fully saturated rings. The van der Waals surface area contributed by atoms with Gasteiger partial charge in [-0.05, 0) is 42.7 Å². The Labute approximate surface area is 157 Å². The van der Waals surface area contributed by atoms with Crippen LogP contribution in [-0.4, -0.2) is 38.0 Å². The average molecular weight is 388 g/mol. The fraction of sp³-hybridized carbons (Fsp3) is 0.278. The summed E-state index contributed by atoms with van der Waals surface area (Å²) < 4.78 is 25.3. The van der Waals surface area contributed by atoms with Crippen molar-refractivity contribution in [3.63, 3.8) is 0 Å². The van der Waals surface area contributed by atoms with Crippen molar-refractivity contribution in [3.8, 4) is 0 Å². The Morgan fingerprint density at radius 3 is 2.70 bits per heavy atom. The van der Waals surface area contributed by atoms with E-state index in [1.165, 1.54) is 4.31 Å². The molecule has 0 saturated carbocycles. The number of amides is 2. The first-order chi connectivity index (χ1) is 12.8. The van der Waals surface area contributed by atoms with Gasteiger partial charge < -0.3 is 10.6 Å². The molecule has 3 rings (SSSR count). The lowest BCUT2D eigenvalue weighted by molar-refractivity contribution is -0.136. The highest BCUT2D eigenvalue weighted by molar-refractivity contribution is 7.92. The van der Waals surface area contributed by atoms with Crippen LogP contribution in [0, 0.1) is 0 Å². The van der Waals surface area contributed by atoms with E-state index >= 15 is 0 Å².